The van der Waals surface area contributed by atoms with Gasteiger partial charge in [0.15, 0.2) is 0 Å². The summed E-state index contributed by atoms with van der Waals surface area (Å²) < 4.78 is 5.50. The summed E-state index contributed by atoms with van der Waals surface area (Å²) in [5.74, 6) is 1.91. The van der Waals surface area contributed by atoms with Gasteiger partial charge in [0, 0.05) is 23.0 Å². The lowest BCUT2D eigenvalue weighted by atomic mass is 10.1. The lowest BCUT2D eigenvalue weighted by molar-refractivity contribution is 0.157. The number of thiophene rings is 1. The van der Waals surface area contributed by atoms with E-state index in [1.165, 1.54) is 5.56 Å². The monoisotopic (exact) mass is 279 g/mol. The van der Waals surface area contributed by atoms with E-state index in [9.17, 15) is 5.11 Å². The highest BCUT2D eigenvalue weighted by molar-refractivity contribution is 7.10. The second-order valence-corrected chi connectivity index (χ2v) is 5.97. The molecular weight excluding hydrogens is 258 g/mol. The molecule has 0 amide bonds. The number of nitrogens with one attached hydrogen (secondary N) is 1. The minimum atomic E-state index is -0.380. The molecule has 2 N–H and O–H groups in total. The third-order valence-electron chi connectivity index (χ3n) is 3.23. The first-order valence-electron chi connectivity index (χ1n) is 6.57. The molecule has 0 aromatic carbocycles. The van der Waals surface area contributed by atoms with Crippen molar-refractivity contribution in [3.05, 3.63) is 45.5 Å². The molecule has 0 spiro atoms. The SMILES string of the molecule is Cc1cc(CNC(C)CC(O)c2cccs2)c(C)o1. The van der Waals surface area contributed by atoms with Crippen molar-refractivity contribution in [1.29, 1.82) is 0 Å². The summed E-state index contributed by atoms with van der Waals surface area (Å²) in [5, 5.41) is 15.5. The van der Waals surface area contributed by atoms with E-state index in [2.05, 4.69) is 18.3 Å². The van der Waals surface area contributed by atoms with E-state index < -0.39 is 0 Å². The zero-order valence-electron chi connectivity index (χ0n) is 11.6. The van der Waals surface area contributed by atoms with Crippen LogP contribution in [0, 0.1) is 13.8 Å². The van der Waals surface area contributed by atoms with Crippen LogP contribution in [-0.2, 0) is 6.54 Å². The number of hydrogen-bond donors (Lipinski definition) is 2. The van der Waals surface area contributed by atoms with Crippen molar-refractivity contribution >= 4 is 11.3 Å². The Hall–Kier alpha value is -1.10. The summed E-state index contributed by atoms with van der Waals surface area (Å²) in [4.78, 5) is 1.03. The van der Waals surface area contributed by atoms with Crippen molar-refractivity contribution in [2.75, 3.05) is 0 Å². The highest BCUT2D eigenvalue weighted by atomic mass is 32.1. The molecule has 0 radical (unpaired) electrons. The Balaban J connectivity index is 1.81. The van der Waals surface area contributed by atoms with Crippen LogP contribution in [0.2, 0.25) is 0 Å². The molecular formula is C15H21NO2S. The number of hydrogen-bond acceptors (Lipinski definition) is 4. The molecule has 2 aromatic rings. The lowest BCUT2D eigenvalue weighted by Gasteiger charge is -2.17. The van der Waals surface area contributed by atoms with Gasteiger partial charge >= 0.3 is 0 Å². The van der Waals surface area contributed by atoms with Gasteiger partial charge in [-0.1, -0.05) is 6.07 Å². The van der Waals surface area contributed by atoms with Crippen molar-refractivity contribution < 1.29 is 9.52 Å². The minimum Gasteiger partial charge on any atom is -0.466 e. The van der Waals surface area contributed by atoms with E-state index in [1.54, 1.807) is 11.3 Å². The van der Waals surface area contributed by atoms with Crippen molar-refractivity contribution in [1.82, 2.24) is 5.32 Å². The third kappa shape index (κ3) is 3.93. The van der Waals surface area contributed by atoms with E-state index in [4.69, 9.17) is 4.42 Å². The molecule has 4 heteroatoms. The zero-order valence-corrected chi connectivity index (χ0v) is 12.5. The normalized spacial score (nSPS) is 14.5. The van der Waals surface area contributed by atoms with Crippen LogP contribution >= 0.6 is 11.3 Å². The van der Waals surface area contributed by atoms with Crippen LogP contribution in [0.25, 0.3) is 0 Å². The molecule has 2 heterocycles. The first-order valence-corrected chi connectivity index (χ1v) is 7.45. The van der Waals surface area contributed by atoms with Gasteiger partial charge in [0.1, 0.15) is 11.5 Å². The molecule has 2 rings (SSSR count). The van der Waals surface area contributed by atoms with Crippen molar-refractivity contribution in [3.63, 3.8) is 0 Å². The molecule has 0 fully saturated rings. The van der Waals surface area contributed by atoms with E-state index in [1.807, 2.05) is 31.4 Å². The maximum atomic E-state index is 10.1. The molecule has 0 aliphatic rings. The minimum absolute atomic E-state index is 0.256. The Labute approximate surface area is 118 Å². The first-order chi connectivity index (χ1) is 9.06. The Morgan fingerprint density at radius 2 is 2.21 bits per heavy atom. The average molecular weight is 279 g/mol. The largest absolute Gasteiger partial charge is 0.466 e. The highest BCUT2D eigenvalue weighted by Gasteiger charge is 2.13. The summed E-state index contributed by atoms with van der Waals surface area (Å²) in [6, 6.07) is 6.27. The fourth-order valence-corrected chi connectivity index (χ4v) is 2.88. The lowest BCUT2D eigenvalue weighted by Crippen LogP contribution is -2.27. The number of furan rings is 1. The highest BCUT2D eigenvalue weighted by Crippen LogP contribution is 2.23. The summed E-state index contributed by atoms with van der Waals surface area (Å²) in [7, 11) is 0. The fourth-order valence-electron chi connectivity index (χ4n) is 2.16. The summed E-state index contributed by atoms with van der Waals surface area (Å²) in [6.07, 6.45) is 0.339. The molecule has 0 aliphatic carbocycles. The summed E-state index contributed by atoms with van der Waals surface area (Å²) >= 11 is 1.60. The second-order valence-electron chi connectivity index (χ2n) is 4.99. The Bertz CT molecular complexity index is 504. The Kier molecular flexibility index (Phi) is 4.80. The van der Waals surface area contributed by atoms with Crippen LogP contribution < -0.4 is 5.32 Å². The van der Waals surface area contributed by atoms with Gasteiger partial charge in [0.25, 0.3) is 0 Å². The van der Waals surface area contributed by atoms with Crippen molar-refractivity contribution in [3.8, 4) is 0 Å². The molecule has 19 heavy (non-hydrogen) atoms. The number of aryl methyl sites for hydroxylation is 2. The molecule has 2 atom stereocenters. The summed E-state index contributed by atoms with van der Waals surface area (Å²) in [5.41, 5.74) is 1.19. The first kappa shape index (κ1) is 14.3. The van der Waals surface area contributed by atoms with Crippen LogP contribution in [-0.4, -0.2) is 11.1 Å². The van der Waals surface area contributed by atoms with Crippen LogP contribution in [0.1, 0.15) is 41.4 Å². The van der Waals surface area contributed by atoms with Gasteiger partial charge in [-0.2, -0.15) is 0 Å². The third-order valence-corrected chi connectivity index (χ3v) is 4.21. The predicted octanol–water partition coefficient (Wildman–Crippen LogP) is 3.56. The molecule has 3 nitrogen and oxygen atoms in total. The quantitative estimate of drug-likeness (QED) is 0.850. The van der Waals surface area contributed by atoms with Gasteiger partial charge in [-0.25, -0.2) is 0 Å². The molecule has 104 valence electrons. The fraction of sp³-hybridized carbons (Fsp3) is 0.467. The predicted molar refractivity (Wildman–Crippen MR) is 78.4 cm³/mol. The summed E-state index contributed by atoms with van der Waals surface area (Å²) in [6.45, 7) is 6.82. The molecule has 2 aromatic heterocycles. The van der Waals surface area contributed by atoms with Gasteiger partial charge in [0.2, 0.25) is 0 Å². The average Bonchev–Trinajstić information content (AvgIpc) is 2.96. The van der Waals surface area contributed by atoms with Crippen LogP contribution in [0.15, 0.2) is 28.0 Å². The van der Waals surface area contributed by atoms with Gasteiger partial charge in [-0.15, -0.1) is 11.3 Å². The van der Waals surface area contributed by atoms with Gasteiger partial charge < -0.3 is 14.8 Å². The zero-order chi connectivity index (χ0) is 13.8. The van der Waals surface area contributed by atoms with E-state index in [0.29, 0.717) is 0 Å². The molecule has 0 saturated heterocycles. The van der Waals surface area contributed by atoms with Crippen LogP contribution in [0.3, 0.4) is 0 Å². The Morgan fingerprint density at radius 1 is 1.42 bits per heavy atom. The van der Waals surface area contributed by atoms with E-state index in [0.717, 1.165) is 29.4 Å². The van der Waals surface area contributed by atoms with Crippen LogP contribution in [0.4, 0.5) is 0 Å². The molecule has 0 aliphatic heterocycles. The topological polar surface area (TPSA) is 45.4 Å². The smallest absolute Gasteiger partial charge is 0.105 e. The second kappa shape index (κ2) is 6.37. The number of rotatable bonds is 6. The van der Waals surface area contributed by atoms with Gasteiger partial charge in [-0.3, -0.25) is 0 Å². The molecule has 0 bridgehead atoms. The van der Waals surface area contributed by atoms with Crippen molar-refractivity contribution in [2.45, 2.75) is 45.9 Å². The molecule has 2 unspecified atom stereocenters. The van der Waals surface area contributed by atoms with Crippen molar-refractivity contribution in [2.24, 2.45) is 0 Å². The van der Waals surface area contributed by atoms with Gasteiger partial charge in [0.05, 0.1) is 6.10 Å². The standard InChI is InChI=1S/C15H21NO2S/c1-10(7-14(17)15-5-4-6-19-15)16-9-13-8-11(2)18-12(13)3/h4-6,8,10,14,16-17H,7,9H2,1-3H3. The van der Waals surface area contributed by atoms with Crippen LogP contribution in [0.5, 0.6) is 0 Å². The van der Waals surface area contributed by atoms with E-state index in [-0.39, 0.29) is 12.1 Å². The number of aliphatic hydroxyl groups is 1. The number of aliphatic hydroxyl groups excluding tert-OH is 1. The Morgan fingerprint density at radius 3 is 2.79 bits per heavy atom. The maximum Gasteiger partial charge on any atom is 0.105 e. The maximum absolute atomic E-state index is 10.1. The molecule has 0 saturated carbocycles. The van der Waals surface area contributed by atoms with Gasteiger partial charge in [-0.05, 0) is 44.7 Å². The van der Waals surface area contributed by atoms with E-state index >= 15 is 0 Å².